The predicted molar refractivity (Wildman–Crippen MR) is 74.3 cm³/mol. The zero-order chi connectivity index (χ0) is 13.1. The highest BCUT2D eigenvalue weighted by molar-refractivity contribution is 7.99. The highest BCUT2D eigenvalue weighted by Crippen LogP contribution is 2.32. The predicted octanol–water partition coefficient (Wildman–Crippen LogP) is 3.82. The van der Waals surface area contributed by atoms with Crippen LogP contribution >= 0.6 is 23.4 Å². The minimum absolute atomic E-state index is 0.671. The van der Waals surface area contributed by atoms with Gasteiger partial charge in [-0.2, -0.15) is 0 Å². The number of nitrogens with one attached hydrogen (secondary N) is 1. The molecule has 0 bridgehead atoms. The van der Waals surface area contributed by atoms with Gasteiger partial charge in [0.05, 0.1) is 5.69 Å². The van der Waals surface area contributed by atoms with E-state index in [2.05, 4.69) is 10.3 Å². The molecule has 0 atom stereocenters. The van der Waals surface area contributed by atoms with Crippen molar-refractivity contribution in [3.63, 3.8) is 0 Å². The standard InChI is InChI=1S/C13H15ClN2OS/c1-8-9(2)17-13(16-8)18-12-5-4-11(14)6-10(12)7-15-3/h4-6,15H,7H2,1-3H3. The molecular formula is C13H15ClN2OS. The summed E-state index contributed by atoms with van der Waals surface area (Å²) in [6.07, 6.45) is 0. The Morgan fingerprint density at radius 3 is 2.78 bits per heavy atom. The third-order valence-corrected chi connectivity index (χ3v) is 3.80. The minimum atomic E-state index is 0.671. The average molecular weight is 283 g/mol. The first-order valence-corrected chi connectivity index (χ1v) is 6.84. The Balaban J connectivity index is 2.27. The van der Waals surface area contributed by atoms with Gasteiger partial charge in [-0.3, -0.25) is 0 Å². The van der Waals surface area contributed by atoms with E-state index in [9.17, 15) is 0 Å². The van der Waals surface area contributed by atoms with Crippen LogP contribution in [-0.4, -0.2) is 12.0 Å². The number of benzene rings is 1. The molecule has 0 aliphatic heterocycles. The van der Waals surface area contributed by atoms with Crippen molar-refractivity contribution in [3.05, 3.63) is 40.2 Å². The molecule has 0 amide bonds. The summed E-state index contributed by atoms with van der Waals surface area (Å²) in [5.74, 6) is 0.863. The molecule has 0 unspecified atom stereocenters. The Hall–Kier alpha value is -0.970. The van der Waals surface area contributed by atoms with E-state index in [1.807, 2.05) is 39.1 Å². The van der Waals surface area contributed by atoms with Crippen LogP contribution < -0.4 is 5.32 Å². The molecule has 5 heteroatoms. The van der Waals surface area contributed by atoms with E-state index in [0.29, 0.717) is 5.22 Å². The van der Waals surface area contributed by atoms with E-state index in [1.165, 1.54) is 11.8 Å². The van der Waals surface area contributed by atoms with Crippen molar-refractivity contribution in [1.29, 1.82) is 0 Å². The molecular weight excluding hydrogens is 268 g/mol. The summed E-state index contributed by atoms with van der Waals surface area (Å²) in [5.41, 5.74) is 2.07. The maximum absolute atomic E-state index is 6.01. The number of rotatable bonds is 4. The van der Waals surface area contributed by atoms with E-state index in [1.54, 1.807) is 0 Å². The first-order chi connectivity index (χ1) is 8.60. The van der Waals surface area contributed by atoms with Crippen LogP contribution in [0.4, 0.5) is 0 Å². The lowest BCUT2D eigenvalue weighted by Gasteiger charge is -2.07. The van der Waals surface area contributed by atoms with Gasteiger partial charge in [-0.25, -0.2) is 4.98 Å². The number of aryl methyl sites for hydroxylation is 2. The minimum Gasteiger partial charge on any atom is -0.436 e. The van der Waals surface area contributed by atoms with Gasteiger partial charge in [0.1, 0.15) is 5.76 Å². The number of hydrogen-bond donors (Lipinski definition) is 1. The van der Waals surface area contributed by atoms with Gasteiger partial charge in [-0.15, -0.1) is 0 Å². The molecule has 0 fully saturated rings. The fourth-order valence-electron chi connectivity index (χ4n) is 1.56. The molecule has 0 saturated carbocycles. The van der Waals surface area contributed by atoms with Crippen LogP contribution in [0.3, 0.4) is 0 Å². The van der Waals surface area contributed by atoms with Gasteiger partial charge in [-0.05, 0) is 56.4 Å². The summed E-state index contributed by atoms with van der Waals surface area (Å²) in [6.45, 7) is 4.63. The van der Waals surface area contributed by atoms with Gasteiger partial charge < -0.3 is 9.73 Å². The van der Waals surface area contributed by atoms with Gasteiger partial charge in [0, 0.05) is 16.5 Å². The SMILES string of the molecule is CNCc1cc(Cl)ccc1Sc1nc(C)c(C)o1. The Labute approximate surface area is 116 Å². The molecule has 2 rings (SSSR count). The fraction of sp³-hybridized carbons (Fsp3) is 0.308. The van der Waals surface area contributed by atoms with Gasteiger partial charge >= 0.3 is 0 Å². The lowest BCUT2D eigenvalue weighted by atomic mass is 10.2. The van der Waals surface area contributed by atoms with E-state index in [4.69, 9.17) is 16.0 Å². The molecule has 0 radical (unpaired) electrons. The average Bonchev–Trinajstić information content (AvgIpc) is 2.62. The van der Waals surface area contributed by atoms with Crippen molar-refractivity contribution in [2.45, 2.75) is 30.5 Å². The molecule has 1 aromatic heterocycles. The summed E-state index contributed by atoms with van der Waals surface area (Å²) in [4.78, 5) is 5.48. The second-order valence-electron chi connectivity index (χ2n) is 4.01. The van der Waals surface area contributed by atoms with Crippen LogP contribution in [0.5, 0.6) is 0 Å². The van der Waals surface area contributed by atoms with Crippen molar-refractivity contribution >= 4 is 23.4 Å². The van der Waals surface area contributed by atoms with E-state index < -0.39 is 0 Å². The summed E-state index contributed by atoms with van der Waals surface area (Å²) in [5, 5.41) is 4.54. The molecule has 1 N–H and O–H groups in total. The van der Waals surface area contributed by atoms with Crippen LogP contribution in [0.25, 0.3) is 0 Å². The molecule has 0 spiro atoms. The Kier molecular flexibility index (Phi) is 4.32. The van der Waals surface area contributed by atoms with Crippen molar-refractivity contribution in [2.75, 3.05) is 7.05 Å². The highest BCUT2D eigenvalue weighted by Gasteiger charge is 2.10. The summed E-state index contributed by atoms with van der Waals surface area (Å²) in [6, 6.07) is 5.84. The normalized spacial score (nSPS) is 10.9. The number of halogens is 1. The Morgan fingerprint density at radius 1 is 1.39 bits per heavy atom. The van der Waals surface area contributed by atoms with Crippen LogP contribution in [0.15, 0.2) is 32.7 Å². The number of nitrogens with zero attached hydrogens (tertiary/aromatic N) is 1. The Bertz CT molecular complexity index is 534. The number of aromatic nitrogens is 1. The monoisotopic (exact) mass is 282 g/mol. The maximum atomic E-state index is 6.01. The van der Waals surface area contributed by atoms with Crippen LogP contribution in [0.1, 0.15) is 17.0 Å². The largest absolute Gasteiger partial charge is 0.436 e. The van der Waals surface area contributed by atoms with Crippen molar-refractivity contribution in [2.24, 2.45) is 0 Å². The Morgan fingerprint density at radius 2 is 2.17 bits per heavy atom. The molecule has 0 aliphatic rings. The molecule has 18 heavy (non-hydrogen) atoms. The van der Waals surface area contributed by atoms with Crippen molar-refractivity contribution < 1.29 is 4.42 Å². The lowest BCUT2D eigenvalue weighted by molar-refractivity contribution is 0.431. The van der Waals surface area contributed by atoms with Gasteiger partial charge in [0.2, 0.25) is 0 Å². The number of hydrogen-bond acceptors (Lipinski definition) is 4. The van der Waals surface area contributed by atoms with Crippen molar-refractivity contribution in [1.82, 2.24) is 10.3 Å². The van der Waals surface area contributed by atoms with E-state index in [-0.39, 0.29) is 0 Å². The fourth-order valence-corrected chi connectivity index (χ4v) is 2.69. The summed E-state index contributed by atoms with van der Waals surface area (Å²) < 4.78 is 5.58. The zero-order valence-corrected chi connectivity index (χ0v) is 12.2. The van der Waals surface area contributed by atoms with Gasteiger partial charge in [0.15, 0.2) is 0 Å². The first kappa shape index (κ1) is 13.5. The van der Waals surface area contributed by atoms with E-state index in [0.717, 1.165) is 33.5 Å². The van der Waals surface area contributed by atoms with Crippen LogP contribution in [-0.2, 0) is 6.54 Å². The smallest absolute Gasteiger partial charge is 0.261 e. The number of oxazole rings is 1. The highest BCUT2D eigenvalue weighted by atomic mass is 35.5. The second kappa shape index (κ2) is 5.78. The zero-order valence-electron chi connectivity index (χ0n) is 10.6. The molecule has 1 aromatic carbocycles. The molecule has 1 heterocycles. The molecule has 96 valence electrons. The van der Waals surface area contributed by atoms with Gasteiger partial charge in [0.25, 0.3) is 5.22 Å². The van der Waals surface area contributed by atoms with Crippen molar-refractivity contribution in [3.8, 4) is 0 Å². The third-order valence-electron chi connectivity index (χ3n) is 2.60. The summed E-state index contributed by atoms with van der Waals surface area (Å²) in [7, 11) is 1.91. The molecule has 2 aromatic rings. The second-order valence-corrected chi connectivity index (χ2v) is 5.44. The maximum Gasteiger partial charge on any atom is 0.261 e. The molecule has 0 aliphatic carbocycles. The van der Waals surface area contributed by atoms with Crippen LogP contribution in [0.2, 0.25) is 5.02 Å². The summed E-state index contributed by atoms with van der Waals surface area (Å²) >= 11 is 7.53. The lowest BCUT2D eigenvalue weighted by Crippen LogP contribution is -2.06. The quantitative estimate of drug-likeness (QED) is 0.925. The van der Waals surface area contributed by atoms with E-state index >= 15 is 0 Å². The first-order valence-electron chi connectivity index (χ1n) is 5.65. The third kappa shape index (κ3) is 3.07. The van der Waals surface area contributed by atoms with Crippen LogP contribution in [0, 0.1) is 13.8 Å². The molecule has 0 saturated heterocycles. The van der Waals surface area contributed by atoms with Gasteiger partial charge in [-0.1, -0.05) is 11.6 Å². The molecule has 3 nitrogen and oxygen atoms in total. The topological polar surface area (TPSA) is 38.1 Å².